The topological polar surface area (TPSA) is 86.7 Å². The van der Waals surface area contributed by atoms with Crippen LogP contribution in [0.2, 0.25) is 0 Å². The highest BCUT2D eigenvalue weighted by atomic mass is 16.6. The normalized spacial score (nSPS) is 53.2. The quantitative estimate of drug-likeness (QED) is 0.557. The van der Waals surface area contributed by atoms with E-state index in [9.17, 15) is 19.2 Å². The van der Waals surface area contributed by atoms with Crippen molar-refractivity contribution in [3.8, 4) is 0 Å². The van der Waals surface area contributed by atoms with Crippen LogP contribution in [0.15, 0.2) is 0 Å². The van der Waals surface area contributed by atoms with Crippen molar-refractivity contribution in [3.63, 3.8) is 0 Å². The van der Waals surface area contributed by atoms with Gasteiger partial charge in [0.1, 0.15) is 0 Å². The Balaban J connectivity index is 1.42. The van der Waals surface area contributed by atoms with Crippen molar-refractivity contribution in [2.45, 2.75) is 33.1 Å². The molecule has 0 aromatic carbocycles. The molecule has 6 nitrogen and oxygen atoms in total. The minimum absolute atomic E-state index is 0.192. The summed E-state index contributed by atoms with van der Waals surface area (Å²) in [5.74, 6) is -0.784. The molecule has 25 heavy (non-hydrogen) atoms. The fourth-order valence-corrected chi connectivity index (χ4v) is 7.03. The first-order valence-electron chi connectivity index (χ1n) is 9.39. The van der Waals surface area contributed by atoms with Crippen molar-refractivity contribution in [1.82, 2.24) is 0 Å². The lowest BCUT2D eigenvalue weighted by molar-refractivity contribution is -0.156. The third-order valence-electron chi connectivity index (χ3n) is 8.01. The average Bonchev–Trinajstić information content (AvgIpc) is 3.28. The summed E-state index contributed by atoms with van der Waals surface area (Å²) in [6.07, 6.45) is 2.61. The van der Waals surface area contributed by atoms with Gasteiger partial charge in [-0.25, -0.2) is 0 Å². The van der Waals surface area contributed by atoms with Gasteiger partial charge in [-0.1, -0.05) is 13.8 Å². The number of cyclic esters (lactones) is 4. The van der Waals surface area contributed by atoms with Gasteiger partial charge in [-0.15, -0.1) is 0 Å². The van der Waals surface area contributed by atoms with Crippen molar-refractivity contribution >= 4 is 23.9 Å². The van der Waals surface area contributed by atoms with Gasteiger partial charge in [0, 0.05) is 0 Å². The highest BCUT2D eigenvalue weighted by molar-refractivity contribution is 5.98. The van der Waals surface area contributed by atoms with Crippen LogP contribution in [0.25, 0.3) is 0 Å². The Bertz CT molecular complexity index is 698. The standard InChI is InChI=1S/C19H22O6/c1-6-3-10-11-5-12(15-14(11)18(22)25-19(15)23)13(10)8(6)4-9-7(2)16(20)24-17(9)21/h6-15H,3-5H2,1-2H3. The summed E-state index contributed by atoms with van der Waals surface area (Å²) in [7, 11) is 0. The second kappa shape index (κ2) is 4.92. The van der Waals surface area contributed by atoms with Gasteiger partial charge in [0.2, 0.25) is 0 Å². The van der Waals surface area contributed by atoms with Crippen LogP contribution in [0, 0.1) is 59.2 Å². The van der Waals surface area contributed by atoms with Crippen molar-refractivity contribution in [2.75, 3.05) is 0 Å². The summed E-state index contributed by atoms with van der Waals surface area (Å²) < 4.78 is 9.73. The zero-order valence-electron chi connectivity index (χ0n) is 14.3. The zero-order valence-corrected chi connectivity index (χ0v) is 14.3. The van der Waals surface area contributed by atoms with Crippen LogP contribution < -0.4 is 0 Å². The molecule has 0 spiro atoms. The van der Waals surface area contributed by atoms with Gasteiger partial charge >= 0.3 is 23.9 Å². The molecule has 0 radical (unpaired) electrons. The molecule has 0 amide bonds. The molecular formula is C19H22O6. The molecule has 2 saturated heterocycles. The van der Waals surface area contributed by atoms with Crippen LogP contribution in [0.3, 0.4) is 0 Å². The van der Waals surface area contributed by atoms with Crippen molar-refractivity contribution in [2.24, 2.45) is 59.2 Å². The van der Waals surface area contributed by atoms with Gasteiger partial charge in [0.15, 0.2) is 0 Å². The van der Waals surface area contributed by atoms with Crippen LogP contribution in [-0.2, 0) is 28.7 Å². The first-order chi connectivity index (χ1) is 11.9. The number of fused-ring (bicyclic) bond motifs is 8. The van der Waals surface area contributed by atoms with Crippen molar-refractivity contribution in [3.05, 3.63) is 0 Å². The Morgan fingerprint density at radius 3 is 2.08 bits per heavy atom. The summed E-state index contributed by atoms with van der Waals surface area (Å²) in [6.45, 7) is 3.96. The first-order valence-corrected chi connectivity index (χ1v) is 9.39. The molecule has 2 aliphatic heterocycles. The highest BCUT2D eigenvalue weighted by Crippen LogP contribution is 2.68. The Morgan fingerprint density at radius 1 is 0.800 bits per heavy atom. The molecule has 6 heteroatoms. The van der Waals surface area contributed by atoms with Gasteiger partial charge in [0.05, 0.1) is 23.7 Å². The SMILES string of the molecule is CC1CC2C3CC(C4C(=O)OC(=O)C34)C2C1CC1C(=O)OC(=O)C1C. The Labute approximate surface area is 145 Å². The fourth-order valence-electron chi connectivity index (χ4n) is 7.03. The fraction of sp³-hybridized carbons (Fsp3) is 0.789. The lowest BCUT2D eigenvalue weighted by Gasteiger charge is -2.34. The summed E-state index contributed by atoms with van der Waals surface area (Å²) in [6, 6.07) is 0. The molecular weight excluding hydrogens is 324 g/mol. The van der Waals surface area contributed by atoms with E-state index in [2.05, 4.69) is 6.92 Å². The minimum Gasteiger partial charge on any atom is -0.393 e. The minimum atomic E-state index is -0.421. The van der Waals surface area contributed by atoms with Crippen LogP contribution in [0.1, 0.15) is 33.1 Å². The number of carbonyl (C=O) groups is 4. The maximum absolute atomic E-state index is 12.2. The second-order valence-corrected chi connectivity index (χ2v) is 8.84. The van der Waals surface area contributed by atoms with Gasteiger partial charge in [-0.3, -0.25) is 19.2 Å². The lowest BCUT2D eigenvalue weighted by Crippen LogP contribution is -2.37. The van der Waals surface area contributed by atoms with E-state index in [1.807, 2.05) is 0 Å². The van der Waals surface area contributed by atoms with Crippen molar-refractivity contribution < 1.29 is 28.7 Å². The number of carbonyl (C=O) groups excluding carboxylic acids is 4. The molecule has 2 heterocycles. The predicted molar refractivity (Wildman–Crippen MR) is 82.3 cm³/mol. The number of hydrogen-bond acceptors (Lipinski definition) is 6. The Hall–Kier alpha value is -1.72. The average molecular weight is 346 g/mol. The summed E-state index contributed by atoms with van der Waals surface area (Å²) >= 11 is 0. The number of rotatable bonds is 2. The van der Waals surface area contributed by atoms with E-state index in [0.29, 0.717) is 30.1 Å². The van der Waals surface area contributed by atoms with Crippen LogP contribution in [-0.4, -0.2) is 23.9 Å². The molecule has 3 aliphatic carbocycles. The van der Waals surface area contributed by atoms with E-state index in [1.165, 1.54) is 0 Å². The first kappa shape index (κ1) is 15.5. The third-order valence-corrected chi connectivity index (χ3v) is 8.01. The molecule has 5 aliphatic rings. The molecule has 5 rings (SSSR count). The summed E-state index contributed by atoms with van der Waals surface area (Å²) in [4.78, 5) is 48.0. The highest BCUT2D eigenvalue weighted by Gasteiger charge is 2.69. The van der Waals surface area contributed by atoms with Crippen LogP contribution in [0.5, 0.6) is 0 Å². The van der Waals surface area contributed by atoms with Gasteiger partial charge in [-0.05, 0) is 54.8 Å². The van der Waals surface area contributed by atoms with Crippen LogP contribution in [0.4, 0.5) is 0 Å². The number of ether oxygens (including phenoxy) is 2. The van der Waals surface area contributed by atoms with E-state index in [0.717, 1.165) is 12.8 Å². The Morgan fingerprint density at radius 2 is 1.44 bits per heavy atom. The van der Waals surface area contributed by atoms with E-state index < -0.39 is 11.9 Å². The largest absolute Gasteiger partial charge is 0.393 e. The number of hydrogen-bond donors (Lipinski definition) is 0. The maximum atomic E-state index is 12.2. The van der Waals surface area contributed by atoms with Gasteiger partial charge < -0.3 is 9.47 Å². The third kappa shape index (κ3) is 1.86. The second-order valence-electron chi connectivity index (χ2n) is 8.84. The predicted octanol–water partition coefficient (Wildman–Crippen LogP) is 1.57. The smallest absolute Gasteiger partial charge is 0.317 e. The van der Waals surface area contributed by atoms with E-state index in [-0.39, 0.29) is 47.4 Å². The number of esters is 4. The molecule has 0 aromatic rings. The molecule has 10 atom stereocenters. The van der Waals surface area contributed by atoms with E-state index >= 15 is 0 Å². The lowest BCUT2D eigenvalue weighted by atomic mass is 9.66. The monoisotopic (exact) mass is 346 g/mol. The van der Waals surface area contributed by atoms with Crippen LogP contribution >= 0.6 is 0 Å². The maximum Gasteiger partial charge on any atom is 0.317 e. The van der Waals surface area contributed by atoms with E-state index in [1.54, 1.807) is 6.92 Å². The molecule has 5 fully saturated rings. The summed E-state index contributed by atoms with van der Waals surface area (Å²) in [5.41, 5.74) is 0. The summed E-state index contributed by atoms with van der Waals surface area (Å²) in [5, 5.41) is 0. The van der Waals surface area contributed by atoms with Gasteiger partial charge in [-0.2, -0.15) is 0 Å². The molecule has 0 N–H and O–H groups in total. The molecule has 10 unspecified atom stereocenters. The van der Waals surface area contributed by atoms with Crippen molar-refractivity contribution in [1.29, 1.82) is 0 Å². The molecule has 2 bridgehead atoms. The molecule has 0 aromatic heterocycles. The molecule has 134 valence electrons. The molecule has 3 saturated carbocycles. The zero-order chi connectivity index (χ0) is 17.6. The van der Waals surface area contributed by atoms with Gasteiger partial charge in [0.25, 0.3) is 0 Å². The Kier molecular flexibility index (Phi) is 3.06. The van der Waals surface area contributed by atoms with E-state index in [4.69, 9.17) is 9.47 Å².